The van der Waals surface area contributed by atoms with Gasteiger partial charge in [-0.15, -0.1) is 10.2 Å². The lowest BCUT2D eigenvalue weighted by molar-refractivity contribution is -0.116. The molecule has 2 aromatic carbocycles. The number of nitrogens with zero attached hydrogens (tertiary/aromatic N) is 4. The summed E-state index contributed by atoms with van der Waals surface area (Å²) < 4.78 is 26.7. The first-order valence-electron chi connectivity index (χ1n) is 8.44. The molecule has 0 aliphatic rings. The third-order valence-corrected chi connectivity index (χ3v) is 5.45. The van der Waals surface area contributed by atoms with Crippen LogP contribution in [0.2, 0.25) is 0 Å². The Balaban J connectivity index is 1.88. The van der Waals surface area contributed by atoms with Gasteiger partial charge in [0.1, 0.15) is 6.54 Å². The molecule has 0 bridgehead atoms. The van der Waals surface area contributed by atoms with E-state index in [1.54, 1.807) is 49.5 Å². The second-order valence-corrected chi connectivity index (χ2v) is 8.35. The number of carbonyl (C=O) groups excluding carboxylic acids is 1. The standard InChI is InChI=1S/C19H20N4O4S/c1-13-8-10-14(11-9-13)23(28(3,26)27)12-17(24)20-21-18-15-6-4-5-7-16(15)22(2)19(18)25/h4-11,25H,12H2,1-3H3. The number of aromatic nitrogens is 1. The van der Waals surface area contributed by atoms with Crippen LogP contribution < -0.4 is 4.31 Å². The van der Waals surface area contributed by atoms with Gasteiger partial charge in [-0.25, -0.2) is 8.42 Å². The Hall–Kier alpha value is -3.20. The molecular formula is C19H20N4O4S. The number of azo groups is 1. The minimum absolute atomic E-state index is 0.128. The predicted octanol–water partition coefficient (Wildman–Crippen LogP) is 3.27. The molecule has 8 nitrogen and oxygen atoms in total. The number of hydrogen-bond donors (Lipinski definition) is 1. The number of fused-ring (bicyclic) bond motifs is 1. The number of amides is 1. The van der Waals surface area contributed by atoms with Gasteiger partial charge in [0.2, 0.25) is 15.9 Å². The first kappa shape index (κ1) is 19.6. The third kappa shape index (κ3) is 3.89. The number of aryl methyl sites for hydroxylation is 2. The van der Waals surface area contributed by atoms with Crippen LogP contribution in [-0.2, 0) is 21.9 Å². The molecule has 1 N–H and O–H groups in total. The van der Waals surface area contributed by atoms with Gasteiger partial charge in [-0.1, -0.05) is 35.9 Å². The van der Waals surface area contributed by atoms with E-state index < -0.39 is 22.5 Å². The summed E-state index contributed by atoms with van der Waals surface area (Å²) >= 11 is 0. The Morgan fingerprint density at radius 1 is 1.14 bits per heavy atom. The zero-order valence-corrected chi connectivity index (χ0v) is 16.5. The van der Waals surface area contributed by atoms with Crippen molar-refractivity contribution in [3.63, 3.8) is 0 Å². The Labute approximate surface area is 162 Å². The summed E-state index contributed by atoms with van der Waals surface area (Å²) in [5.74, 6) is -0.880. The highest BCUT2D eigenvalue weighted by molar-refractivity contribution is 7.92. The smallest absolute Gasteiger partial charge is 0.285 e. The maximum Gasteiger partial charge on any atom is 0.285 e. The predicted molar refractivity (Wildman–Crippen MR) is 107 cm³/mol. The lowest BCUT2D eigenvalue weighted by Gasteiger charge is -2.20. The average molecular weight is 400 g/mol. The molecule has 3 aromatic rings. The molecule has 1 amide bonds. The number of para-hydroxylation sites is 1. The number of hydrogen-bond acceptors (Lipinski definition) is 5. The number of benzene rings is 2. The molecule has 3 rings (SSSR count). The summed E-state index contributed by atoms with van der Waals surface area (Å²) in [7, 11) is -2.02. The second kappa shape index (κ2) is 7.43. The van der Waals surface area contributed by atoms with E-state index in [1.807, 2.05) is 13.0 Å². The number of aromatic hydroxyl groups is 1. The zero-order valence-electron chi connectivity index (χ0n) is 15.7. The van der Waals surface area contributed by atoms with E-state index in [2.05, 4.69) is 10.2 Å². The van der Waals surface area contributed by atoms with Gasteiger partial charge in [-0.05, 0) is 25.1 Å². The third-order valence-electron chi connectivity index (χ3n) is 4.31. The van der Waals surface area contributed by atoms with Crippen LogP contribution in [-0.4, -0.2) is 36.8 Å². The van der Waals surface area contributed by atoms with E-state index in [0.29, 0.717) is 11.1 Å². The van der Waals surface area contributed by atoms with Crippen LogP contribution >= 0.6 is 0 Å². The van der Waals surface area contributed by atoms with Crippen molar-refractivity contribution in [2.24, 2.45) is 17.3 Å². The van der Waals surface area contributed by atoms with Gasteiger partial charge < -0.3 is 9.67 Å². The van der Waals surface area contributed by atoms with E-state index in [9.17, 15) is 18.3 Å². The molecule has 146 valence electrons. The van der Waals surface area contributed by atoms with E-state index in [1.165, 1.54) is 4.57 Å². The van der Waals surface area contributed by atoms with Gasteiger partial charge in [0.25, 0.3) is 5.91 Å². The first-order chi connectivity index (χ1) is 13.2. The molecule has 0 unspecified atom stereocenters. The van der Waals surface area contributed by atoms with E-state index in [0.717, 1.165) is 21.6 Å². The van der Waals surface area contributed by atoms with Crippen molar-refractivity contribution >= 4 is 38.2 Å². The summed E-state index contributed by atoms with van der Waals surface area (Å²) in [5, 5.41) is 18.4. The summed E-state index contributed by atoms with van der Waals surface area (Å²) in [6.07, 6.45) is 1.02. The van der Waals surface area contributed by atoms with Crippen LogP contribution in [0.1, 0.15) is 5.56 Å². The maximum atomic E-state index is 12.3. The highest BCUT2D eigenvalue weighted by atomic mass is 32.2. The number of anilines is 1. The van der Waals surface area contributed by atoms with E-state index in [4.69, 9.17) is 0 Å². The van der Waals surface area contributed by atoms with Gasteiger partial charge in [-0.3, -0.25) is 9.10 Å². The molecule has 0 atom stereocenters. The van der Waals surface area contributed by atoms with Crippen molar-refractivity contribution in [3.8, 4) is 5.88 Å². The van der Waals surface area contributed by atoms with Gasteiger partial charge >= 0.3 is 0 Å². The molecule has 1 heterocycles. The van der Waals surface area contributed by atoms with E-state index >= 15 is 0 Å². The molecule has 0 fully saturated rings. The van der Waals surface area contributed by atoms with Crippen molar-refractivity contribution in [2.45, 2.75) is 6.92 Å². The van der Waals surface area contributed by atoms with Crippen LogP contribution in [0.5, 0.6) is 5.88 Å². The summed E-state index contributed by atoms with van der Waals surface area (Å²) in [6, 6.07) is 13.9. The highest BCUT2D eigenvalue weighted by Gasteiger charge is 2.21. The summed E-state index contributed by atoms with van der Waals surface area (Å²) in [6.45, 7) is 1.39. The number of sulfonamides is 1. The van der Waals surface area contributed by atoms with E-state index in [-0.39, 0.29) is 11.6 Å². The molecule has 0 saturated carbocycles. The van der Waals surface area contributed by atoms with Crippen LogP contribution in [0.4, 0.5) is 11.4 Å². The SMILES string of the molecule is Cc1ccc(N(CC(=O)N=Nc2c(O)n(C)c3ccccc23)S(C)(=O)=O)cc1. The molecule has 9 heteroatoms. The normalized spacial score (nSPS) is 12.0. The molecular weight excluding hydrogens is 380 g/mol. The highest BCUT2D eigenvalue weighted by Crippen LogP contribution is 2.37. The van der Waals surface area contributed by atoms with Crippen LogP contribution in [0.3, 0.4) is 0 Å². The molecule has 1 aromatic heterocycles. The van der Waals surface area contributed by atoms with Crippen molar-refractivity contribution in [3.05, 3.63) is 54.1 Å². The van der Waals surface area contributed by atoms with Crippen molar-refractivity contribution < 1.29 is 18.3 Å². The quantitative estimate of drug-likeness (QED) is 0.664. The molecule has 28 heavy (non-hydrogen) atoms. The zero-order chi connectivity index (χ0) is 20.5. The van der Waals surface area contributed by atoms with Gasteiger partial charge in [0, 0.05) is 12.4 Å². The van der Waals surface area contributed by atoms with Crippen LogP contribution in [0.25, 0.3) is 10.9 Å². The molecule has 0 radical (unpaired) electrons. The lowest BCUT2D eigenvalue weighted by Crippen LogP contribution is -2.34. The van der Waals surface area contributed by atoms with Gasteiger partial charge in [-0.2, -0.15) is 0 Å². The lowest BCUT2D eigenvalue weighted by atomic mass is 10.2. The Bertz CT molecular complexity index is 1160. The largest absolute Gasteiger partial charge is 0.493 e. The molecule has 0 aliphatic heterocycles. The van der Waals surface area contributed by atoms with Crippen molar-refractivity contribution in [1.29, 1.82) is 0 Å². The Kier molecular flexibility index (Phi) is 5.19. The first-order valence-corrected chi connectivity index (χ1v) is 10.3. The van der Waals surface area contributed by atoms with Gasteiger partial charge in [0.05, 0.1) is 17.5 Å². The Morgan fingerprint density at radius 3 is 2.43 bits per heavy atom. The second-order valence-electron chi connectivity index (χ2n) is 6.45. The van der Waals surface area contributed by atoms with Crippen LogP contribution in [0.15, 0.2) is 58.8 Å². The van der Waals surface area contributed by atoms with Gasteiger partial charge in [0.15, 0.2) is 5.69 Å². The fourth-order valence-electron chi connectivity index (χ4n) is 2.83. The minimum Gasteiger partial charge on any atom is -0.493 e. The van der Waals surface area contributed by atoms with Crippen molar-refractivity contribution in [2.75, 3.05) is 17.1 Å². The molecule has 0 aliphatic carbocycles. The Morgan fingerprint density at radius 2 is 1.79 bits per heavy atom. The maximum absolute atomic E-state index is 12.3. The monoisotopic (exact) mass is 400 g/mol. The fourth-order valence-corrected chi connectivity index (χ4v) is 3.68. The topological polar surface area (TPSA) is 104 Å². The molecule has 0 spiro atoms. The fraction of sp³-hybridized carbons (Fsp3) is 0.211. The summed E-state index contributed by atoms with van der Waals surface area (Å²) in [5.41, 5.74) is 2.23. The van der Waals surface area contributed by atoms with Crippen LogP contribution in [0, 0.1) is 6.92 Å². The number of rotatable bonds is 5. The minimum atomic E-state index is -3.69. The number of carbonyl (C=O) groups is 1. The van der Waals surface area contributed by atoms with Crippen molar-refractivity contribution in [1.82, 2.24) is 4.57 Å². The average Bonchev–Trinajstić information content (AvgIpc) is 2.89. The summed E-state index contributed by atoms with van der Waals surface area (Å²) in [4.78, 5) is 12.3. The molecule has 0 saturated heterocycles.